The number of benzene rings is 3. The van der Waals surface area contributed by atoms with Gasteiger partial charge in [-0.15, -0.1) is 0 Å². The highest BCUT2D eigenvalue weighted by Crippen LogP contribution is 2.41. The number of nitrogens with zero attached hydrogens (tertiary/aromatic N) is 1. The predicted octanol–water partition coefficient (Wildman–Crippen LogP) is 5.92. The zero-order chi connectivity index (χ0) is 23.4. The molecular formula is C27H22ClNO4. The van der Waals surface area contributed by atoms with Crippen LogP contribution in [-0.4, -0.2) is 23.4 Å². The molecule has 0 saturated carbocycles. The topological polar surface area (TPSA) is 66.8 Å². The molecule has 4 rings (SSSR count). The highest BCUT2D eigenvalue weighted by atomic mass is 35.5. The standard InChI is InChI=1S/C27H22ClNO4/c1-2-33-22-15-13-21(14-16-22)29-25(19-9-11-20(28)12-10-19)24(26(31)27(29)32)23(30)17-8-18-6-4-3-5-7-18/h3-17,25,31H,2H2,1H3/b17-8+/t25-/m0/s1. The molecule has 0 aliphatic carbocycles. The van der Waals surface area contributed by atoms with Crippen molar-refractivity contribution in [3.8, 4) is 5.75 Å². The van der Waals surface area contributed by atoms with Gasteiger partial charge in [-0.3, -0.25) is 14.5 Å². The van der Waals surface area contributed by atoms with Gasteiger partial charge in [0.15, 0.2) is 11.5 Å². The first-order valence-electron chi connectivity index (χ1n) is 10.5. The van der Waals surface area contributed by atoms with E-state index in [1.807, 2.05) is 37.3 Å². The van der Waals surface area contributed by atoms with Crippen LogP contribution < -0.4 is 9.64 Å². The van der Waals surface area contributed by atoms with Gasteiger partial charge in [-0.05, 0) is 60.5 Å². The Morgan fingerprint density at radius 3 is 2.33 bits per heavy atom. The maximum absolute atomic E-state index is 13.2. The van der Waals surface area contributed by atoms with E-state index < -0.39 is 23.5 Å². The monoisotopic (exact) mass is 459 g/mol. The summed E-state index contributed by atoms with van der Waals surface area (Å²) in [5, 5.41) is 11.3. The van der Waals surface area contributed by atoms with Crippen LogP contribution in [0.4, 0.5) is 5.69 Å². The normalized spacial score (nSPS) is 16.0. The second-order valence-corrected chi connectivity index (χ2v) is 7.86. The summed E-state index contributed by atoms with van der Waals surface area (Å²) in [5.74, 6) is -0.990. The maximum Gasteiger partial charge on any atom is 0.294 e. The summed E-state index contributed by atoms with van der Waals surface area (Å²) in [6.07, 6.45) is 3.03. The minimum atomic E-state index is -0.805. The van der Waals surface area contributed by atoms with Gasteiger partial charge in [-0.2, -0.15) is 0 Å². The van der Waals surface area contributed by atoms with Gasteiger partial charge in [0.05, 0.1) is 18.2 Å². The van der Waals surface area contributed by atoms with Gasteiger partial charge in [0.25, 0.3) is 5.91 Å². The number of carbonyl (C=O) groups is 2. The number of allylic oxidation sites excluding steroid dienone is 1. The van der Waals surface area contributed by atoms with Crippen LogP contribution in [0.3, 0.4) is 0 Å². The van der Waals surface area contributed by atoms with E-state index >= 15 is 0 Å². The lowest BCUT2D eigenvalue weighted by molar-refractivity contribution is -0.117. The van der Waals surface area contributed by atoms with E-state index in [0.717, 1.165) is 5.56 Å². The number of hydrogen-bond donors (Lipinski definition) is 1. The molecule has 1 N–H and O–H groups in total. The van der Waals surface area contributed by atoms with Crippen LogP contribution in [0.2, 0.25) is 5.02 Å². The summed E-state index contributed by atoms with van der Waals surface area (Å²) >= 11 is 6.06. The summed E-state index contributed by atoms with van der Waals surface area (Å²) in [4.78, 5) is 27.8. The van der Waals surface area contributed by atoms with E-state index in [1.54, 1.807) is 54.6 Å². The van der Waals surface area contributed by atoms with Crippen LogP contribution in [0.5, 0.6) is 5.75 Å². The molecule has 0 unspecified atom stereocenters. The van der Waals surface area contributed by atoms with Crippen LogP contribution in [0, 0.1) is 0 Å². The molecule has 0 fully saturated rings. The number of halogens is 1. The Balaban J connectivity index is 1.75. The fraction of sp³-hybridized carbons (Fsp3) is 0.111. The Hall–Kier alpha value is -3.83. The molecule has 3 aromatic rings. The summed E-state index contributed by atoms with van der Waals surface area (Å²) in [6.45, 7) is 2.40. The third-order valence-corrected chi connectivity index (χ3v) is 5.56. The zero-order valence-corrected chi connectivity index (χ0v) is 18.7. The summed E-state index contributed by atoms with van der Waals surface area (Å²) < 4.78 is 5.49. The van der Waals surface area contributed by atoms with Crippen molar-refractivity contribution in [3.63, 3.8) is 0 Å². The molecule has 0 radical (unpaired) electrons. The van der Waals surface area contributed by atoms with Crippen molar-refractivity contribution in [1.29, 1.82) is 0 Å². The third kappa shape index (κ3) is 4.69. The van der Waals surface area contributed by atoms with Crippen LogP contribution in [-0.2, 0) is 9.59 Å². The van der Waals surface area contributed by atoms with Crippen LogP contribution in [0.25, 0.3) is 6.08 Å². The van der Waals surface area contributed by atoms with Crippen molar-refractivity contribution in [2.75, 3.05) is 11.5 Å². The van der Waals surface area contributed by atoms with Crippen LogP contribution >= 0.6 is 11.6 Å². The molecule has 1 amide bonds. The first kappa shape index (κ1) is 22.4. The van der Waals surface area contributed by atoms with Crippen molar-refractivity contribution < 1.29 is 19.4 Å². The van der Waals surface area contributed by atoms with Gasteiger partial charge < -0.3 is 9.84 Å². The number of carbonyl (C=O) groups excluding carboxylic acids is 2. The molecule has 3 aromatic carbocycles. The van der Waals surface area contributed by atoms with Crippen LogP contribution in [0.1, 0.15) is 24.1 Å². The second kappa shape index (κ2) is 9.76. The van der Waals surface area contributed by atoms with Crippen molar-refractivity contribution in [2.24, 2.45) is 0 Å². The van der Waals surface area contributed by atoms with E-state index in [4.69, 9.17) is 16.3 Å². The van der Waals surface area contributed by atoms with Crippen molar-refractivity contribution in [1.82, 2.24) is 0 Å². The Morgan fingerprint density at radius 1 is 1.03 bits per heavy atom. The fourth-order valence-electron chi connectivity index (χ4n) is 3.78. The SMILES string of the molecule is CCOc1ccc(N2C(=O)C(O)=C(C(=O)/C=C/c3ccccc3)[C@@H]2c2ccc(Cl)cc2)cc1. The lowest BCUT2D eigenvalue weighted by atomic mass is 9.95. The minimum absolute atomic E-state index is 0.0170. The van der Waals surface area contributed by atoms with Crippen molar-refractivity contribution in [2.45, 2.75) is 13.0 Å². The first-order valence-corrected chi connectivity index (χ1v) is 10.9. The van der Waals surface area contributed by atoms with Gasteiger partial charge in [-0.25, -0.2) is 0 Å². The number of amides is 1. The second-order valence-electron chi connectivity index (χ2n) is 7.43. The molecule has 1 heterocycles. The fourth-order valence-corrected chi connectivity index (χ4v) is 3.91. The van der Waals surface area contributed by atoms with E-state index in [0.29, 0.717) is 28.6 Å². The largest absolute Gasteiger partial charge is 0.503 e. The Morgan fingerprint density at radius 2 is 1.70 bits per heavy atom. The lowest BCUT2D eigenvalue weighted by Gasteiger charge is -2.27. The molecule has 1 aliphatic rings. The van der Waals surface area contributed by atoms with Gasteiger partial charge >= 0.3 is 0 Å². The van der Waals surface area contributed by atoms with E-state index in [1.165, 1.54) is 11.0 Å². The van der Waals surface area contributed by atoms with E-state index in [9.17, 15) is 14.7 Å². The van der Waals surface area contributed by atoms with Gasteiger partial charge in [0.1, 0.15) is 5.75 Å². The predicted molar refractivity (Wildman–Crippen MR) is 129 cm³/mol. The summed E-state index contributed by atoms with van der Waals surface area (Å²) in [6, 6.07) is 22.4. The smallest absolute Gasteiger partial charge is 0.294 e. The summed E-state index contributed by atoms with van der Waals surface area (Å²) in [5.41, 5.74) is 2.04. The summed E-state index contributed by atoms with van der Waals surface area (Å²) in [7, 11) is 0. The van der Waals surface area contributed by atoms with Gasteiger partial charge in [-0.1, -0.05) is 60.1 Å². The Kier molecular flexibility index (Phi) is 6.61. The quantitative estimate of drug-likeness (QED) is 0.445. The molecule has 0 aromatic heterocycles. The minimum Gasteiger partial charge on any atom is -0.503 e. The van der Waals surface area contributed by atoms with Crippen LogP contribution in [0.15, 0.2) is 96.3 Å². The van der Waals surface area contributed by atoms with E-state index in [2.05, 4.69) is 0 Å². The molecule has 5 nitrogen and oxygen atoms in total. The van der Waals surface area contributed by atoms with Crippen molar-refractivity contribution in [3.05, 3.63) is 112 Å². The number of ketones is 1. The molecule has 1 aliphatic heterocycles. The van der Waals surface area contributed by atoms with Gasteiger partial charge in [0, 0.05) is 10.7 Å². The number of ether oxygens (including phenoxy) is 1. The third-order valence-electron chi connectivity index (χ3n) is 5.31. The molecule has 6 heteroatoms. The highest BCUT2D eigenvalue weighted by molar-refractivity contribution is 6.30. The van der Waals surface area contributed by atoms with Gasteiger partial charge in [0.2, 0.25) is 0 Å². The zero-order valence-electron chi connectivity index (χ0n) is 17.9. The molecule has 166 valence electrons. The lowest BCUT2D eigenvalue weighted by Crippen LogP contribution is -2.30. The Bertz CT molecular complexity index is 1220. The molecule has 1 atom stereocenters. The molecule has 0 saturated heterocycles. The molecular weight excluding hydrogens is 438 g/mol. The number of hydrogen-bond acceptors (Lipinski definition) is 4. The maximum atomic E-state index is 13.2. The highest BCUT2D eigenvalue weighted by Gasteiger charge is 2.43. The van der Waals surface area contributed by atoms with Crippen molar-refractivity contribution >= 4 is 35.1 Å². The Labute approximate surface area is 197 Å². The average Bonchev–Trinajstić information content (AvgIpc) is 3.10. The average molecular weight is 460 g/mol. The number of aliphatic hydroxyl groups is 1. The number of anilines is 1. The van der Waals surface area contributed by atoms with E-state index in [-0.39, 0.29) is 5.57 Å². The first-order chi connectivity index (χ1) is 16.0. The number of aliphatic hydroxyl groups excluding tert-OH is 1. The molecule has 0 bridgehead atoms. The number of rotatable bonds is 7. The molecule has 33 heavy (non-hydrogen) atoms. The molecule has 0 spiro atoms.